The molecule has 0 aromatic carbocycles. The summed E-state index contributed by atoms with van der Waals surface area (Å²) in [5, 5.41) is 40.8. The van der Waals surface area contributed by atoms with E-state index in [9.17, 15) is 20.4 Å². The summed E-state index contributed by atoms with van der Waals surface area (Å²) in [7, 11) is 0. The van der Waals surface area contributed by atoms with Gasteiger partial charge in [-0.25, -0.2) is 0 Å². The number of aliphatic hydroxyl groups excluding tert-OH is 4. The van der Waals surface area contributed by atoms with Crippen molar-refractivity contribution >= 4 is 0 Å². The molecule has 1 saturated carbocycles. The average Bonchev–Trinajstić information content (AvgIpc) is 2.96. The van der Waals surface area contributed by atoms with E-state index in [2.05, 4.69) is 0 Å². The van der Waals surface area contributed by atoms with Crippen molar-refractivity contribution in [2.24, 2.45) is 5.92 Å². The van der Waals surface area contributed by atoms with Crippen molar-refractivity contribution in [3.63, 3.8) is 0 Å². The van der Waals surface area contributed by atoms with Crippen molar-refractivity contribution in [3.8, 4) is 0 Å². The van der Waals surface area contributed by atoms with Crippen LogP contribution in [0.2, 0.25) is 0 Å². The zero-order valence-corrected chi connectivity index (χ0v) is 13.7. The van der Waals surface area contributed by atoms with E-state index in [1.54, 1.807) is 0 Å². The third-order valence-electron chi connectivity index (χ3n) is 5.94. The Morgan fingerprint density at radius 3 is 1.96 bits per heavy atom. The van der Waals surface area contributed by atoms with Crippen molar-refractivity contribution in [2.45, 2.75) is 87.5 Å². The maximum absolute atomic E-state index is 10.6. The van der Waals surface area contributed by atoms with E-state index in [-0.39, 0.29) is 12.5 Å². The summed E-state index contributed by atoms with van der Waals surface area (Å²) in [5.41, 5.74) is -1.33. The molecule has 4 N–H and O–H groups in total. The van der Waals surface area contributed by atoms with Gasteiger partial charge >= 0.3 is 0 Å². The minimum Gasteiger partial charge on any atom is -0.393 e. The highest BCUT2D eigenvalue weighted by Crippen LogP contribution is 2.50. The Morgan fingerprint density at radius 1 is 0.826 bits per heavy atom. The zero-order valence-electron chi connectivity index (χ0n) is 13.7. The largest absolute Gasteiger partial charge is 0.393 e. The SMILES string of the molecule is OC[C@@]12CO[C@@](C3CCCCCCCCC3)(O1)[C@@H](O)[C@@H](O)[C@@H]2O. The molecular weight excluding hydrogens is 300 g/mol. The fraction of sp³-hybridized carbons (Fsp3) is 1.00. The summed E-state index contributed by atoms with van der Waals surface area (Å²) in [6.45, 7) is -0.443. The minimum atomic E-state index is -1.37. The van der Waals surface area contributed by atoms with Crippen molar-refractivity contribution < 1.29 is 29.9 Å². The van der Waals surface area contributed by atoms with Gasteiger partial charge in [0.05, 0.1) is 13.2 Å². The Labute approximate surface area is 137 Å². The molecule has 2 heterocycles. The summed E-state index contributed by atoms with van der Waals surface area (Å²) < 4.78 is 11.9. The standard InChI is InChI=1S/C17H30O6/c18-10-16-11-22-17(23-16,15(21)13(19)14(16)20)12-8-6-4-2-1-3-5-7-9-12/h12-15,18-21H,1-11H2/t13-,14-,15-,16-,17-/m0/s1. The van der Waals surface area contributed by atoms with Gasteiger partial charge in [-0.2, -0.15) is 0 Å². The molecule has 3 fully saturated rings. The highest BCUT2D eigenvalue weighted by molar-refractivity contribution is 5.11. The molecule has 2 aliphatic heterocycles. The molecule has 0 amide bonds. The molecule has 1 aliphatic carbocycles. The monoisotopic (exact) mass is 330 g/mol. The summed E-state index contributed by atoms with van der Waals surface area (Å²) in [6.07, 6.45) is 5.83. The first-order valence-electron chi connectivity index (χ1n) is 9.05. The van der Waals surface area contributed by atoms with Gasteiger partial charge in [0.2, 0.25) is 5.79 Å². The molecule has 0 spiro atoms. The Bertz CT molecular complexity index is 395. The van der Waals surface area contributed by atoms with E-state index >= 15 is 0 Å². The van der Waals surface area contributed by atoms with Crippen LogP contribution in [0.3, 0.4) is 0 Å². The van der Waals surface area contributed by atoms with Crippen LogP contribution in [0.25, 0.3) is 0 Å². The molecule has 6 heteroatoms. The summed E-state index contributed by atoms with van der Waals surface area (Å²) in [6, 6.07) is 0. The number of hydrogen-bond acceptors (Lipinski definition) is 6. The third kappa shape index (κ3) is 2.94. The van der Waals surface area contributed by atoms with E-state index in [0.717, 1.165) is 38.5 Å². The van der Waals surface area contributed by atoms with Crippen LogP contribution < -0.4 is 0 Å². The summed E-state index contributed by atoms with van der Waals surface area (Å²) in [4.78, 5) is 0. The highest BCUT2D eigenvalue weighted by Gasteiger charge is 2.68. The van der Waals surface area contributed by atoms with Crippen LogP contribution >= 0.6 is 0 Å². The number of hydrogen-bond donors (Lipinski definition) is 4. The summed E-state index contributed by atoms with van der Waals surface area (Å²) in [5.74, 6) is -1.34. The van der Waals surface area contributed by atoms with Gasteiger partial charge in [0.15, 0.2) is 0 Å². The van der Waals surface area contributed by atoms with Crippen LogP contribution in [0.5, 0.6) is 0 Å². The molecule has 5 atom stereocenters. The van der Waals surface area contributed by atoms with Gasteiger partial charge in [-0.3, -0.25) is 0 Å². The molecule has 2 bridgehead atoms. The Morgan fingerprint density at radius 2 is 1.39 bits per heavy atom. The van der Waals surface area contributed by atoms with Crippen LogP contribution in [-0.4, -0.2) is 63.3 Å². The number of fused-ring (bicyclic) bond motifs is 2. The third-order valence-corrected chi connectivity index (χ3v) is 5.94. The summed E-state index contributed by atoms with van der Waals surface area (Å²) >= 11 is 0. The number of aliphatic hydroxyl groups is 4. The van der Waals surface area contributed by atoms with Gasteiger partial charge < -0.3 is 29.9 Å². The van der Waals surface area contributed by atoms with E-state index in [0.29, 0.717) is 0 Å². The molecule has 2 saturated heterocycles. The van der Waals surface area contributed by atoms with Crippen molar-refractivity contribution in [3.05, 3.63) is 0 Å². The molecule has 23 heavy (non-hydrogen) atoms. The van der Waals surface area contributed by atoms with Gasteiger partial charge in [-0.05, 0) is 12.8 Å². The van der Waals surface area contributed by atoms with Gasteiger partial charge in [-0.1, -0.05) is 44.9 Å². The first-order chi connectivity index (χ1) is 11.1. The first-order valence-corrected chi connectivity index (χ1v) is 9.05. The second kappa shape index (κ2) is 6.94. The van der Waals surface area contributed by atoms with Gasteiger partial charge in [0.25, 0.3) is 0 Å². The predicted molar refractivity (Wildman–Crippen MR) is 82.6 cm³/mol. The van der Waals surface area contributed by atoms with E-state index in [1.807, 2.05) is 0 Å². The Kier molecular flexibility index (Phi) is 5.30. The number of rotatable bonds is 2. The van der Waals surface area contributed by atoms with E-state index in [1.165, 1.54) is 19.3 Å². The molecule has 3 aliphatic rings. The van der Waals surface area contributed by atoms with Crippen LogP contribution in [0, 0.1) is 5.92 Å². The molecule has 0 aromatic rings. The molecule has 0 radical (unpaired) electrons. The lowest BCUT2D eigenvalue weighted by Crippen LogP contribution is -2.68. The molecule has 0 unspecified atom stereocenters. The van der Waals surface area contributed by atoms with Crippen molar-refractivity contribution in [2.75, 3.05) is 13.2 Å². The van der Waals surface area contributed by atoms with Crippen molar-refractivity contribution in [1.82, 2.24) is 0 Å². The topological polar surface area (TPSA) is 99.4 Å². The minimum absolute atomic E-state index is 0.00468. The van der Waals surface area contributed by atoms with E-state index in [4.69, 9.17) is 9.47 Å². The van der Waals surface area contributed by atoms with Crippen LogP contribution in [0.4, 0.5) is 0 Å². The van der Waals surface area contributed by atoms with Crippen LogP contribution in [-0.2, 0) is 9.47 Å². The van der Waals surface area contributed by atoms with Gasteiger partial charge in [0.1, 0.15) is 23.9 Å². The average molecular weight is 330 g/mol. The Hall–Kier alpha value is -0.240. The first kappa shape index (κ1) is 17.6. The highest BCUT2D eigenvalue weighted by atomic mass is 16.8. The maximum atomic E-state index is 10.6. The zero-order chi connectivity index (χ0) is 16.5. The molecule has 3 rings (SSSR count). The lowest BCUT2D eigenvalue weighted by Gasteiger charge is -2.49. The second-order valence-electron chi connectivity index (χ2n) is 7.46. The van der Waals surface area contributed by atoms with Gasteiger partial charge in [-0.15, -0.1) is 0 Å². The Balaban J connectivity index is 1.83. The molecular formula is C17H30O6. The van der Waals surface area contributed by atoms with Crippen molar-refractivity contribution in [1.29, 1.82) is 0 Å². The van der Waals surface area contributed by atoms with E-state index < -0.39 is 36.3 Å². The quantitative estimate of drug-likeness (QED) is 0.595. The molecule has 6 nitrogen and oxygen atoms in total. The van der Waals surface area contributed by atoms with Crippen LogP contribution in [0.1, 0.15) is 57.8 Å². The molecule has 134 valence electrons. The number of ether oxygens (including phenoxy) is 2. The second-order valence-corrected chi connectivity index (χ2v) is 7.46. The van der Waals surface area contributed by atoms with Crippen LogP contribution in [0.15, 0.2) is 0 Å². The maximum Gasteiger partial charge on any atom is 0.201 e. The van der Waals surface area contributed by atoms with Gasteiger partial charge in [0, 0.05) is 5.92 Å². The lowest BCUT2D eigenvalue weighted by molar-refractivity contribution is -0.342. The normalized spacial score (nSPS) is 46.7. The fourth-order valence-corrected chi connectivity index (χ4v) is 4.45. The predicted octanol–water partition coefficient (Wildman–Crippen LogP) is 0.698. The smallest absolute Gasteiger partial charge is 0.201 e. The fourth-order valence-electron chi connectivity index (χ4n) is 4.45. The lowest BCUT2D eigenvalue weighted by atomic mass is 9.78. The molecule has 0 aromatic heterocycles.